The fraction of sp³-hybridized carbons (Fsp3) is 0.909. The van der Waals surface area contributed by atoms with Crippen molar-refractivity contribution in [2.24, 2.45) is 0 Å². The predicted molar refractivity (Wildman–Crippen MR) is 65.7 cm³/mol. The Bertz CT molecular complexity index is 358. The van der Waals surface area contributed by atoms with Gasteiger partial charge in [0.05, 0.1) is 11.5 Å². The fourth-order valence-electron chi connectivity index (χ4n) is 2.37. The highest BCUT2D eigenvalue weighted by atomic mass is 32.2. The molecule has 2 saturated heterocycles. The van der Waals surface area contributed by atoms with Crippen molar-refractivity contribution in [2.45, 2.75) is 25.7 Å². The average molecular weight is 260 g/mol. The van der Waals surface area contributed by atoms with Gasteiger partial charge in [0.15, 0.2) is 9.84 Å². The van der Waals surface area contributed by atoms with Gasteiger partial charge in [-0.05, 0) is 12.8 Å². The van der Waals surface area contributed by atoms with Gasteiger partial charge in [-0.25, -0.2) is 13.2 Å². The van der Waals surface area contributed by atoms with Crippen molar-refractivity contribution < 1.29 is 13.2 Å². The molecule has 2 amide bonds. The first-order valence-corrected chi connectivity index (χ1v) is 8.15. The summed E-state index contributed by atoms with van der Waals surface area (Å²) in [6, 6.07) is 0.0294. The zero-order valence-electron chi connectivity index (χ0n) is 10.1. The van der Waals surface area contributed by atoms with E-state index in [4.69, 9.17) is 0 Å². The Balaban J connectivity index is 1.91. The maximum Gasteiger partial charge on any atom is 0.320 e. The lowest BCUT2D eigenvalue weighted by molar-refractivity contribution is 0.158. The first-order valence-electron chi connectivity index (χ1n) is 6.33. The van der Waals surface area contributed by atoms with Crippen LogP contribution in [-0.4, -0.2) is 61.9 Å². The number of hydrogen-bond donors (Lipinski definition) is 0. The van der Waals surface area contributed by atoms with Crippen molar-refractivity contribution in [3.8, 4) is 0 Å². The molecule has 2 rings (SSSR count). The Hall–Kier alpha value is -0.780. The zero-order valence-corrected chi connectivity index (χ0v) is 10.9. The van der Waals surface area contributed by atoms with Crippen LogP contribution in [0, 0.1) is 0 Å². The summed E-state index contributed by atoms with van der Waals surface area (Å²) < 4.78 is 22.6. The minimum Gasteiger partial charge on any atom is -0.325 e. The second-order valence-corrected chi connectivity index (χ2v) is 7.13. The van der Waals surface area contributed by atoms with Gasteiger partial charge in [0.2, 0.25) is 0 Å². The fourth-order valence-corrected chi connectivity index (χ4v) is 3.57. The first-order chi connectivity index (χ1) is 8.08. The number of urea groups is 1. The lowest BCUT2D eigenvalue weighted by atomic mass is 10.2. The molecule has 6 heteroatoms. The van der Waals surface area contributed by atoms with Crippen molar-refractivity contribution in [3.05, 3.63) is 0 Å². The second-order valence-electron chi connectivity index (χ2n) is 4.82. The van der Waals surface area contributed by atoms with Crippen molar-refractivity contribution in [1.82, 2.24) is 9.80 Å². The second kappa shape index (κ2) is 5.25. The molecule has 0 radical (unpaired) electrons. The molecule has 0 bridgehead atoms. The van der Waals surface area contributed by atoms with Crippen LogP contribution in [0.2, 0.25) is 0 Å². The van der Waals surface area contributed by atoms with Crippen LogP contribution >= 0.6 is 0 Å². The van der Waals surface area contributed by atoms with E-state index in [0.29, 0.717) is 13.1 Å². The van der Waals surface area contributed by atoms with Gasteiger partial charge in [-0.1, -0.05) is 12.8 Å². The van der Waals surface area contributed by atoms with Gasteiger partial charge in [-0.3, -0.25) is 0 Å². The number of carbonyl (C=O) groups excluding carboxylic acids is 1. The molecule has 0 aromatic carbocycles. The van der Waals surface area contributed by atoms with E-state index in [2.05, 4.69) is 0 Å². The number of amides is 2. The van der Waals surface area contributed by atoms with Crippen LogP contribution in [0.3, 0.4) is 0 Å². The van der Waals surface area contributed by atoms with E-state index in [1.54, 1.807) is 4.90 Å². The van der Waals surface area contributed by atoms with Crippen LogP contribution < -0.4 is 0 Å². The third kappa shape index (κ3) is 3.34. The largest absolute Gasteiger partial charge is 0.325 e. The van der Waals surface area contributed by atoms with Gasteiger partial charge < -0.3 is 9.80 Å². The molecule has 2 aliphatic heterocycles. The molecule has 2 heterocycles. The number of hydrogen-bond acceptors (Lipinski definition) is 3. The monoisotopic (exact) mass is 260 g/mol. The van der Waals surface area contributed by atoms with Crippen LogP contribution in [0.1, 0.15) is 25.7 Å². The minimum atomic E-state index is -2.90. The Morgan fingerprint density at radius 1 is 0.765 bits per heavy atom. The van der Waals surface area contributed by atoms with Crippen LogP contribution in [0.25, 0.3) is 0 Å². The number of likely N-dealkylation sites (tertiary alicyclic amines) is 1. The molecule has 5 nitrogen and oxygen atoms in total. The van der Waals surface area contributed by atoms with E-state index in [-0.39, 0.29) is 17.5 Å². The molecular weight excluding hydrogens is 240 g/mol. The maximum absolute atomic E-state index is 12.2. The quantitative estimate of drug-likeness (QED) is 0.644. The average Bonchev–Trinajstić information content (AvgIpc) is 2.56. The summed E-state index contributed by atoms with van der Waals surface area (Å²) in [5, 5.41) is 0. The van der Waals surface area contributed by atoms with E-state index < -0.39 is 9.84 Å². The van der Waals surface area contributed by atoms with Gasteiger partial charge in [0, 0.05) is 26.2 Å². The number of nitrogens with zero attached hydrogens (tertiary/aromatic N) is 2. The van der Waals surface area contributed by atoms with E-state index in [9.17, 15) is 13.2 Å². The summed E-state index contributed by atoms with van der Waals surface area (Å²) in [7, 11) is -2.90. The smallest absolute Gasteiger partial charge is 0.320 e. The molecule has 0 aromatic rings. The number of carbonyl (C=O) groups is 1. The van der Waals surface area contributed by atoms with Crippen LogP contribution in [0.4, 0.5) is 4.79 Å². The van der Waals surface area contributed by atoms with Crippen molar-refractivity contribution in [2.75, 3.05) is 37.7 Å². The third-order valence-corrected chi connectivity index (χ3v) is 5.10. The Morgan fingerprint density at radius 2 is 1.24 bits per heavy atom. The van der Waals surface area contributed by atoms with Gasteiger partial charge in [-0.15, -0.1) is 0 Å². The molecular formula is C11H20N2O3S. The molecule has 0 aliphatic carbocycles. The minimum absolute atomic E-state index is 0.0294. The van der Waals surface area contributed by atoms with E-state index in [0.717, 1.165) is 25.9 Å². The summed E-state index contributed by atoms with van der Waals surface area (Å²) in [5.74, 6) is 0.235. The third-order valence-electron chi connectivity index (χ3n) is 3.49. The van der Waals surface area contributed by atoms with Crippen molar-refractivity contribution in [1.29, 1.82) is 0 Å². The van der Waals surface area contributed by atoms with Gasteiger partial charge in [0.1, 0.15) is 0 Å². The number of rotatable bonds is 0. The molecule has 2 aliphatic rings. The lowest BCUT2D eigenvalue weighted by Crippen LogP contribution is -2.50. The highest BCUT2D eigenvalue weighted by Crippen LogP contribution is 2.13. The molecule has 0 saturated carbocycles. The summed E-state index contributed by atoms with van der Waals surface area (Å²) in [4.78, 5) is 15.7. The predicted octanol–water partition coefficient (Wildman–Crippen LogP) is 0.713. The van der Waals surface area contributed by atoms with E-state index in [1.807, 2.05) is 4.90 Å². The van der Waals surface area contributed by atoms with Crippen molar-refractivity contribution in [3.63, 3.8) is 0 Å². The standard InChI is InChI=1S/C11H20N2O3S/c14-11(12-5-3-1-2-4-6-12)13-7-9-17(15,16)10-8-13/h1-10H2. The van der Waals surface area contributed by atoms with Crippen LogP contribution in [0.5, 0.6) is 0 Å². The van der Waals surface area contributed by atoms with Gasteiger partial charge >= 0.3 is 6.03 Å². The maximum atomic E-state index is 12.2. The highest BCUT2D eigenvalue weighted by molar-refractivity contribution is 7.91. The van der Waals surface area contributed by atoms with Gasteiger partial charge in [0.25, 0.3) is 0 Å². The van der Waals surface area contributed by atoms with E-state index in [1.165, 1.54) is 12.8 Å². The Kier molecular flexibility index (Phi) is 3.91. The molecule has 2 fully saturated rings. The molecule has 17 heavy (non-hydrogen) atoms. The topological polar surface area (TPSA) is 57.7 Å². The molecule has 0 N–H and O–H groups in total. The SMILES string of the molecule is O=C(N1CCCCCC1)N1CCS(=O)(=O)CC1. The van der Waals surface area contributed by atoms with Gasteiger partial charge in [-0.2, -0.15) is 0 Å². The molecule has 0 unspecified atom stereocenters. The Labute approximate surface area is 103 Å². The Morgan fingerprint density at radius 3 is 1.76 bits per heavy atom. The number of sulfone groups is 1. The van der Waals surface area contributed by atoms with E-state index >= 15 is 0 Å². The van der Waals surface area contributed by atoms with Crippen LogP contribution in [0.15, 0.2) is 0 Å². The zero-order chi connectivity index (χ0) is 12.3. The van der Waals surface area contributed by atoms with Crippen LogP contribution in [-0.2, 0) is 9.84 Å². The summed E-state index contributed by atoms with van der Waals surface area (Å²) in [6.07, 6.45) is 4.52. The first kappa shape index (κ1) is 12.7. The summed E-state index contributed by atoms with van der Waals surface area (Å²) >= 11 is 0. The highest BCUT2D eigenvalue weighted by Gasteiger charge is 2.28. The molecule has 0 spiro atoms. The molecule has 0 atom stereocenters. The lowest BCUT2D eigenvalue weighted by Gasteiger charge is -2.32. The van der Waals surface area contributed by atoms with Crippen molar-refractivity contribution >= 4 is 15.9 Å². The normalized spacial score (nSPS) is 25.4. The molecule has 0 aromatic heterocycles. The summed E-state index contributed by atoms with van der Waals surface area (Å²) in [5.41, 5.74) is 0. The molecule has 98 valence electrons. The summed E-state index contributed by atoms with van der Waals surface area (Å²) in [6.45, 7) is 2.36.